The molecule has 0 aliphatic carbocycles. The van der Waals surface area contributed by atoms with Gasteiger partial charge in [-0.15, -0.1) is 0 Å². The number of hydrogen-bond acceptors (Lipinski definition) is 25. The number of amides is 6. The van der Waals surface area contributed by atoms with Crippen molar-refractivity contribution in [3.63, 3.8) is 0 Å². The molecule has 6 rings (SSSR count). The summed E-state index contributed by atoms with van der Waals surface area (Å²) in [6.45, 7) is 20.3. The molecule has 3 saturated heterocycles. The zero-order valence-electron chi connectivity index (χ0n) is 72.4. The van der Waals surface area contributed by atoms with Crippen molar-refractivity contribution in [2.45, 2.75) is 284 Å². The van der Waals surface area contributed by atoms with E-state index in [2.05, 4.69) is 104 Å². The van der Waals surface area contributed by atoms with Crippen LogP contribution >= 0.6 is 0 Å². The normalized spacial score (nSPS) is 22.8. The molecule has 668 valence electrons. The van der Waals surface area contributed by atoms with Gasteiger partial charge in [-0.2, -0.15) is 0 Å². The molecular weight excluding hydrogens is 1550 g/mol. The standard InChI is InChI=1S/C89H133N7O24/c1-59-80(92-62(4)97)86(118-74(56-112-65(7)100)83(59)115-68(10)103)109-53-33-16-13-28-44-77(106)90-47-36-50-95(79(108)46-30-15-18-35-55-111-88-82(94-64(6)99)61(3)85(117-70(12)105)76(120-88)58-114-67(9)102)49-31-32-51-96(89(71-38-22-19-23-39-71,72-40-24-20-25-41-72)73-42-26-21-27-43-73)52-37-48-91-78(107)45-29-14-17-34-54-110-87-81(93-63(5)98)60(2)84(116-69(11)104)75(119-87)57-113-66(8)101/h19-27,38-43,59-61,74-76,80-88H,13-18,28-37,44-58H2,1-12H3,(H,90,106)(H,91,107)(H,92,97)(H,93,98)(H,94,99)/t59-,60-,61-,74?,75?,76?,80?,81?,82?,83-,84-,85-,86-,87-,88-/m1/s1. The number of hydrogen-bond donors (Lipinski definition) is 5. The Kier molecular flexibility index (Phi) is 44.7. The maximum absolute atomic E-state index is 14.6. The van der Waals surface area contributed by atoms with E-state index in [1.807, 2.05) is 36.9 Å². The monoisotopic (exact) mass is 1680 g/mol. The minimum Gasteiger partial charge on any atom is -0.463 e. The number of benzene rings is 3. The van der Waals surface area contributed by atoms with Crippen molar-refractivity contribution < 1.29 is 114 Å². The summed E-state index contributed by atoms with van der Waals surface area (Å²) in [6, 6.07) is 29.3. The molecule has 0 bridgehead atoms. The van der Waals surface area contributed by atoms with Gasteiger partial charge in [-0.05, 0) is 87.4 Å². The summed E-state index contributed by atoms with van der Waals surface area (Å²) in [5, 5.41) is 14.9. The summed E-state index contributed by atoms with van der Waals surface area (Å²) in [6.07, 6.45) is 3.76. The predicted octanol–water partition coefficient (Wildman–Crippen LogP) is 8.88. The van der Waals surface area contributed by atoms with Crippen LogP contribution in [0.3, 0.4) is 0 Å². The van der Waals surface area contributed by atoms with Gasteiger partial charge in [0.2, 0.25) is 35.4 Å². The smallest absolute Gasteiger partial charge is 0.303 e. The van der Waals surface area contributed by atoms with E-state index in [-0.39, 0.29) is 81.5 Å². The van der Waals surface area contributed by atoms with Gasteiger partial charge >= 0.3 is 35.8 Å². The first-order valence-electron chi connectivity index (χ1n) is 42.8. The third-order valence-electron chi connectivity index (χ3n) is 21.6. The van der Waals surface area contributed by atoms with Gasteiger partial charge < -0.3 is 88.3 Å². The van der Waals surface area contributed by atoms with E-state index < -0.39 is 133 Å². The Balaban J connectivity index is 1.08. The molecule has 3 aliphatic rings. The van der Waals surface area contributed by atoms with E-state index in [0.29, 0.717) is 129 Å². The maximum Gasteiger partial charge on any atom is 0.303 e. The number of carbonyl (C=O) groups excluding carboxylic acids is 12. The molecule has 3 aromatic rings. The van der Waals surface area contributed by atoms with Crippen molar-refractivity contribution in [3.05, 3.63) is 108 Å². The van der Waals surface area contributed by atoms with Gasteiger partial charge in [0.15, 0.2) is 18.9 Å². The molecule has 0 aromatic heterocycles. The fourth-order valence-corrected chi connectivity index (χ4v) is 15.9. The highest BCUT2D eigenvalue weighted by Gasteiger charge is 2.50. The molecule has 6 amide bonds. The minimum atomic E-state index is -0.938. The first kappa shape index (κ1) is 99.8. The molecule has 31 heteroatoms. The third kappa shape index (κ3) is 34.1. The molecule has 15 atom stereocenters. The van der Waals surface area contributed by atoms with Gasteiger partial charge in [-0.1, -0.05) is 150 Å². The van der Waals surface area contributed by atoms with E-state index in [9.17, 15) is 57.5 Å². The van der Waals surface area contributed by atoms with Crippen molar-refractivity contribution in [1.82, 2.24) is 36.4 Å². The van der Waals surface area contributed by atoms with Crippen LogP contribution < -0.4 is 26.6 Å². The Labute approximate surface area is 707 Å². The summed E-state index contributed by atoms with van der Waals surface area (Å²) < 4.78 is 69.7. The average molecular weight is 1690 g/mol. The van der Waals surface area contributed by atoms with Crippen LogP contribution in [0.1, 0.15) is 222 Å². The van der Waals surface area contributed by atoms with E-state index in [1.165, 1.54) is 62.3 Å². The molecule has 120 heavy (non-hydrogen) atoms. The van der Waals surface area contributed by atoms with Crippen molar-refractivity contribution in [2.24, 2.45) is 17.8 Å². The van der Waals surface area contributed by atoms with Crippen molar-refractivity contribution >= 4 is 71.3 Å². The summed E-state index contributed by atoms with van der Waals surface area (Å²) in [4.78, 5) is 155. The highest BCUT2D eigenvalue weighted by atomic mass is 16.7. The molecule has 0 radical (unpaired) electrons. The fraction of sp³-hybridized carbons (Fsp3) is 0.663. The molecule has 0 spiro atoms. The van der Waals surface area contributed by atoms with Gasteiger partial charge in [-0.3, -0.25) is 62.4 Å². The maximum atomic E-state index is 14.6. The summed E-state index contributed by atoms with van der Waals surface area (Å²) in [5.41, 5.74) is 2.41. The predicted molar refractivity (Wildman–Crippen MR) is 442 cm³/mol. The Hall–Kier alpha value is -8.98. The molecule has 3 aliphatic heterocycles. The number of carbonyl (C=O) groups is 12. The van der Waals surface area contributed by atoms with Gasteiger partial charge in [-0.25, -0.2) is 0 Å². The molecular formula is C89H133N7O24. The number of unbranched alkanes of at least 4 members (excludes halogenated alkanes) is 10. The summed E-state index contributed by atoms with van der Waals surface area (Å²) >= 11 is 0. The van der Waals surface area contributed by atoms with Crippen molar-refractivity contribution in [2.75, 3.05) is 78.9 Å². The second kappa shape index (κ2) is 53.7. The number of ether oxygens (including phenoxy) is 12. The number of esters is 6. The zero-order chi connectivity index (χ0) is 87.5. The van der Waals surface area contributed by atoms with E-state index in [0.717, 1.165) is 42.4 Å². The Morgan fingerprint density at radius 3 is 0.958 bits per heavy atom. The summed E-state index contributed by atoms with van der Waals surface area (Å²) in [7, 11) is 0. The number of nitrogens with one attached hydrogen (secondary N) is 5. The lowest BCUT2D eigenvalue weighted by Gasteiger charge is -2.46. The Morgan fingerprint density at radius 2 is 0.642 bits per heavy atom. The number of nitrogens with zero attached hydrogens (tertiary/aromatic N) is 2. The van der Waals surface area contributed by atoms with Gasteiger partial charge in [0.25, 0.3) is 0 Å². The highest BCUT2D eigenvalue weighted by molar-refractivity contribution is 5.77. The topological polar surface area (TPSA) is 382 Å². The first-order valence-corrected chi connectivity index (χ1v) is 42.8. The minimum absolute atomic E-state index is 0.00840. The van der Waals surface area contributed by atoms with Gasteiger partial charge in [0, 0.05) is 152 Å². The van der Waals surface area contributed by atoms with Crippen LogP contribution in [0.25, 0.3) is 0 Å². The molecule has 6 unspecified atom stereocenters. The Morgan fingerprint density at radius 1 is 0.350 bits per heavy atom. The average Bonchev–Trinajstić information content (AvgIpc) is 0.738. The SMILES string of the molecule is CC(=O)NC1[C@H](OCCCCCCC(=O)NCCCN(CCCCN(CCCNC(=O)CCCCCCO[C@@H]2OC(COC(C)=O)[C@H](OC(C)=O)[C@H](C)C2NC(C)=O)C(c2ccccc2)(c2ccccc2)c2ccccc2)C(=O)CCCCCCO[C@@H]2OC(COC(C)=O)[C@H](OC(C)=O)[C@H](C)C2NC(C)=O)OC(COC(C)=O)[C@H](OC(C)=O)[C@@H]1C. The van der Waals surface area contributed by atoms with Crippen LogP contribution in [0.4, 0.5) is 0 Å². The third-order valence-corrected chi connectivity index (χ3v) is 21.6. The fourth-order valence-electron chi connectivity index (χ4n) is 15.9. The van der Waals surface area contributed by atoms with E-state index in [4.69, 9.17) is 56.8 Å². The molecule has 3 fully saturated rings. The van der Waals surface area contributed by atoms with Crippen LogP contribution in [0.2, 0.25) is 0 Å². The van der Waals surface area contributed by atoms with E-state index in [1.54, 1.807) is 6.92 Å². The zero-order valence-corrected chi connectivity index (χ0v) is 72.4. The van der Waals surface area contributed by atoms with Crippen LogP contribution in [-0.2, 0) is 120 Å². The van der Waals surface area contributed by atoms with Crippen LogP contribution in [0.15, 0.2) is 91.0 Å². The Bertz CT molecular complexity index is 3550. The largest absolute Gasteiger partial charge is 0.463 e. The first-order chi connectivity index (χ1) is 57.5. The van der Waals surface area contributed by atoms with Crippen LogP contribution in [0.5, 0.6) is 0 Å². The quantitative estimate of drug-likeness (QED) is 0.0152. The second-order valence-electron chi connectivity index (χ2n) is 31.4. The van der Waals surface area contributed by atoms with Crippen LogP contribution in [0, 0.1) is 17.8 Å². The highest BCUT2D eigenvalue weighted by Crippen LogP contribution is 2.43. The second-order valence-corrected chi connectivity index (χ2v) is 31.4. The molecule has 31 nitrogen and oxygen atoms in total. The lowest BCUT2D eigenvalue weighted by Crippen LogP contribution is -2.62. The lowest BCUT2D eigenvalue weighted by molar-refractivity contribution is -0.262. The summed E-state index contributed by atoms with van der Waals surface area (Å²) in [5.74, 6) is -5.74. The van der Waals surface area contributed by atoms with Crippen LogP contribution in [-0.4, -0.2) is 234 Å². The van der Waals surface area contributed by atoms with Crippen molar-refractivity contribution in [1.29, 1.82) is 0 Å². The van der Waals surface area contributed by atoms with Gasteiger partial charge in [0.1, 0.15) is 56.4 Å². The van der Waals surface area contributed by atoms with E-state index >= 15 is 0 Å². The van der Waals surface area contributed by atoms with Crippen molar-refractivity contribution in [3.8, 4) is 0 Å². The molecule has 5 N–H and O–H groups in total. The number of rotatable bonds is 53. The molecule has 3 heterocycles. The van der Waals surface area contributed by atoms with Gasteiger partial charge in [0.05, 0.1) is 23.7 Å². The lowest BCUT2D eigenvalue weighted by atomic mass is 9.75. The molecule has 3 aromatic carbocycles. The molecule has 0 saturated carbocycles.